The van der Waals surface area contributed by atoms with Gasteiger partial charge in [-0.2, -0.15) is 0 Å². The standard InChI is InChI=1S/C22H29FN4O3/c1-13-10-17(6-7-18(13)23)27-9-8-26(12-15(27)3)19(28)14(2)11-22(16-4-5-16)20(29)24-21(30)25-22/h6-7,10,14-16H,4-5,8-9,11-12H2,1-3H3,(H2,24,25,29,30). The second-order valence-corrected chi connectivity index (χ2v) is 9.02. The number of aryl methyl sites for hydroxylation is 1. The van der Waals surface area contributed by atoms with Crippen LogP contribution in [-0.4, -0.2) is 54.0 Å². The largest absolute Gasteiger partial charge is 0.365 e. The average molecular weight is 416 g/mol. The summed E-state index contributed by atoms with van der Waals surface area (Å²) in [6, 6.07) is 4.72. The maximum Gasteiger partial charge on any atom is 0.322 e. The van der Waals surface area contributed by atoms with E-state index in [9.17, 15) is 18.8 Å². The van der Waals surface area contributed by atoms with E-state index in [2.05, 4.69) is 22.5 Å². The van der Waals surface area contributed by atoms with Gasteiger partial charge in [0.05, 0.1) is 0 Å². The molecule has 2 saturated heterocycles. The third-order valence-electron chi connectivity index (χ3n) is 6.71. The molecule has 1 aromatic rings. The molecular weight excluding hydrogens is 387 g/mol. The van der Waals surface area contributed by atoms with Crippen molar-refractivity contribution in [2.24, 2.45) is 11.8 Å². The Morgan fingerprint density at radius 2 is 2.03 bits per heavy atom. The molecule has 0 radical (unpaired) electrons. The van der Waals surface area contributed by atoms with Gasteiger partial charge in [-0.1, -0.05) is 6.92 Å². The minimum Gasteiger partial charge on any atom is -0.365 e. The van der Waals surface area contributed by atoms with Crippen molar-refractivity contribution in [1.82, 2.24) is 15.5 Å². The van der Waals surface area contributed by atoms with Crippen LogP contribution < -0.4 is 15.5 Å². The first-order chi connectivity index (χ1) is 14.2. The molecule has 4 rings (SSSR count). The van der Waals surface area contributed by atoms with E-state index in [1.165, 1.54) is 6.07 Å². The molecule has 162 valence electrons. The van der Waals surface area contributed by atoms with Gasteiger partial charge >= 0.3 is 6.03 Å². The Morgan fingerprint density at radius 1 is 1.30 bits per heavy atom. The van der Waals surface area contributed by atoms with Crippen LogP contribution in [0.4, 0.5) is 14.9 Å². The Labute approximate surface area is 176 Å². The zero-order valence-corrected chi connectivity index (χ0v) is 17.7. The SMILES string of the molecule is Cc1cc(N2CCN(C(=O)C(C)CC3(C4CC4)NC(=O)NC3=O)CC2C)ccc1F. The van der Waals surface area contributed by atoms with E-state index in [0.29, 0.717) is 31.6 Å². The number of hydrogen-bond donors (Lipinski definition) is 2. The zero-order chi connectivity index (χ0) is 21.6. The van der Waals surface area contributed by atoms with E-state index in [0.717, 1.165) is 18.5 Å². The van der Waals surface area contributed by atoms with Crippen LogP contribution in [0.2, 0.25) is 0 Å². The van der Waals surface area contributed by atoms with Crippen LogP contribution in [0.1, 0.15) is 38.7 Å². The van der Waals surface area contributed by atoms with Crippen LogP contribution in [0.5, 0.6) is 0 Å². The van der Waals surface area contributed by atoms with Crippen molar-refractivity contribution in [3.05, 3.63) is 29.6 Å². The number of benzene rings is 1. The quantitative estimate of drug-likeness (QED) is 0.721. The number of carbonyl (C=O) groups excluding carboxylic acids is 3. The number of halogens is 1. The second kappa shape index (κ2) is 7.56. The highest BCUT2D eigenvalue weighted by Gasteiger charge is 2.56. The van der Waals surface area contributed by atoms with Gasteiger partial charge in [-0.3, -0.25) is 14.9 Å². The van der Waals surface area contributed by atoms with Crippen molar-refractivity contribution in [3.8, 4) is 0 Å². The first-order valence-electron chi connectivity index (χ1n) is 10.7. The Hall–Kier alpha value is -2.64. The summed E-state index contributed by atoms with van der Waals surface area (Å²) in [6.45, 7) is 7.44. The lowest BCUT2D eigenvalue weighted by molar-refractivity contribution is -0.137. The van der Waals surface area contributed by atoms with Crippen LogP contribution in [0, 0.1) is 24.6 Å². The fourth-order valence-electron chi connectivity index (χ4n) is 4.91. The third kappa shape index (κ3) is 3.63. The Kier molecular flexibility index (Phi) is 5.20. The molecule has 0 aromatic heterocycles. The van der Waals surface area contributed by atoms with Crippen LogP contribution in [0.25, 0.3) is 0 Å². The first-order valence-corrected chi connectivity index (χ1v) is 10.7. The molecule has 2 aliphatic heterocycles. The summed E-state index contributed by atoms with van der Waals surface area (Å²) in [4.78, 5) is 41.4. The molecule has 0 bridgehead atoms. The topological polar surface area (TPSA) is 81.8 Å². The van der Waals surface area contributed by atoms with E-state index >= 15 is 0 Å². The molecule has 2 N–H and O–H groups in total. The smallest absolute Gasteiger partial charge is 0.322 e. The highest BCUT2D eigenvalue weighted by atomic mass is 19.1. The molecule has 2 heterocycles. The van der Waals surface area contributed by atoms with Gasteiger partial charge in [-0.05, 0) is 62.8 Å². The maximum atomic E-state index is 13.6. The van der Waals surface area contributed by atoms with E-state index in [4.69, 9.17) is 0 Å². The summed E-state index contributed by atoms with van der Waals surface area (Å²) in [7, 11) is 0. The van der Waals surface area contributed by atoms with E-state index in [-0.39, 0.29) is 35.5 Å². The van der Waals surface area contributed by atoms with Crippen molar-refractivity contribution in [1.29, 1.82) is 0 Å². The number of hydrogen-bond acceptors (Lipinski definition) is 4. The molecule has 1 saturated carbocycles. The van der Waals surface area contributed by atoms with Crippen molar-refractivity contribution in [2.75, 3.05) is 24.5 Å². The summed E-state index contributed by atoms with van der Waals surface area (Å²) in [6.07, 6.45) is 2.10. The monoisotopic (exact) mass is 416 g/mol. The van der Waals surface area contributed by atoms with Crippen LogP contribution in [-0.2, 0) is 9.59 Å². The fourth-order valence-corrected chi connectivity index (χ4v) is 4.91. The van der Waals surface area contributed by atoms with Crippen LogP contribution in [0.3, 0.4) is 0 Å². The highest BCUT2D eigenvalue weighted by Crippen LogP contribution is 2.44. The normalized spacial score (nSPS) is 27.7. The molecule has 3 aliphatic rings. The summed E-state index contributed by atoms with van der Waals surface area (Å²) >= 11 is 0. The summed E-state index contributed by atoms with van der Waals surface area (Å²) in [5.41, 5.74) is 0.610. The Balaban J connectivity index is 1.41. The number of imide groups is 1. The summed E-state index contributed by atoms with van der Waals surface area (Å²) in [5, 5.41) is 5.15. The third-order valence-corrected chi connectivity index (χ3v) is 6.71. The van der Waals surface area contributed by atoms with Gasteiger partial charge < -0.3 is 15.1 Å². The summed E-state index contributed by atoms with van der Waals surface area (Å²) in [5.74, 6) is -0.787. The van der Waals surface area contributed by atoms with Gasteiger partial charge in [0, 0.05) is 37.3 Å². The number of nitrogens with one attached hydrogen (secondary N) is 2. The van der Waals surface area contributed by atoms with E-state index < -0.39 is 11.6 Å². The van der Waals surface area contributed by atoms with Gasteiger partial charge in [0.25, 0.3) is 5.91 Å². The molecule has 3 unspecified atom stereocenters. The van der Waals surface area contributed by atoms with Crippen molar-refractivity contribution in [2.45, 2.75) is 51.6 Å². The molecule has 4 amide bonds. The summed E-state index contributed by atoms with van der Waals surface area (Å²) < 4.78 is 13.6. The van der Waals surface area contributed by atoms with Gasteiger partial charge in [0.15, 0.2) is 0 Å². The lowest BCUT2D eigenvalue weighted by atomic mass is 9.83. The number of piperazine rings is 1. The molecular formula is C22H29FN4O3. The highest BCUT2D eigenvalue weighted by molar-refractivity contribution is 6.07. The fraction of sp³-hybridized carbons (Fsp3) is 0.591. The van der Waals surface area contributed by atoms with Crippen molar-refractivity contribution in [3.63, 3.8) is 0 Å². The minimum absolute atomic E-state index is 0.00533. The molecule has 3 fully saturated rings. The van der Waals surface area contributed by atoms with Gasteiger partial charge in [-0.25, -0.2) is 9.18 Å². The number of amides is 4. The van der Waals surface area contributed by atoms with Crippen molar-refractivity contribution >= 4 is 23.5 Å². The Morgan fingerprint density at radius 3 is 2.60 bits per heavy atom. The van der Waals surface area contributed by atoms with Gasteiger partial charge in [0.1, 0.15) is 11.4 Å². The lowest BCUT2D eigenvalue weighted by Gasteiger charge is -2.42. The number of anilines is 1. The van der Waals surface area contributed by atoms with Gasteiger partial charge in [-0.15, -0.1) is 0 Å². The lowest BCUT2D eigenvalue weighted by Crippen LogP contribution is -2.56. The number of nitrogens with zero attached hydrogens (tertiary/aromatic N) is 2. The average Bonchev–Trinajstić information content (AvgIpc) is 3.50. The molecule has 30 heavy (non-hydrogen) atoms. The zero-order valence-electron chi connectivity index (χ0n) is 17.7. The molecule has 3 atom stereocenters. The maximum absolute atomic E-state index is 13.6. The number of urea groups is 1. The van der Waals surface area contributed by atoms with Gasteiger partial charge in [0.2, 0.25) is 5.91 Å². The van der Waals surface area contributed by atoms with E-state index in [1.807, 2.05) is 17.9 Å². The molecule has 8 heteroatoms. The van der Waals surface area contributed by atoms with Crippen LogP contribution >= 0.6 is 0 Å². The minimum atomic E-state index is -0.953. The number of rotatable bonds is 5. The second-order valence-electron chi connectivity index (χ2n) is 9.02. The molecule has 0 spiro atoms. The molecule has 7 nitrogen and oxygen atoms in total. The first kappa shape index (κ1) is 20.6. The molecule has 1 aromatic carbocycles. The predicted octanol–water partition coefficient (Wildman–Crippen LogP) is 2.19. The molecule has 1 aliphatic carbocycles. The predicted molar refractivity (Wildman–Crippen MR) is 110 cm³/mol. The van der Waals surface area contributed by atoms with Crippen LogP contribution in [0.15, 0.2) is 18.2 Å². The van der Waals surface area contributed by atoms with Crippen molar-refractivity contribution < 1.29 is 18.8 Å². The Bertz CT molecular complexity index is 887. The number of carbonyl (C=O) groups is 3. The van der Waals surface area contributed by atoms with E-state index in [1.54, 1.807) is 13.0 Å².